The number of halogens is 2. The zero-order chi connectivity index (χ0) is 10.7. The Labute approximate surface area is 80.5 Å². The molecule has 2 nitrogen and oxygen atoms in total. The summed E-state index contributed by atoms with van der Waals surface area (Å²) < 4.78 is 30.4. The Kier molecular flexibility index (Phi) is 3.17. The molecule has 0 bridgehead atoms. The van der Waals surface area contributed by atoms with Crippen molar-refractivity contribution in [2.24, 2.45) is 0 Å². The third kappa shape index (κ3) is 2.52. The van der Waals surface area contributed by atoms with Crippen molar-refractivity contribution in [3.8, 4) is 0 Å². The van der Waals surface area contributed by atoms with Crippen LogP contribution >= 0.6 is 0 Å². The summed E-state index contributed by atoms with van der Waals surface area (Å²) in [6.07, 6.45) is -0.356. The standard InChI is InChI=1S/C10H10F2O2/c1-6(2)14-10(13)8-5-7(11)3-4-9(8)12/h3-6H,1-2H3. The molecule has 1 aromatic rings. The number of hydrogen-bond acceptors (Lipinski definition) is 2. The van der Waals surface area contributed by atoms with E-state index < -0.39 is 17.6 Å². The first-order valence-electron chi connectivity index (χ1n) is 4.16. The van der Waals surface area contributed by atoms with E-state index in [0.29, 0.717) is 0 Å². The van der Waals surface area contributed by atoms with Gasteiger partial charge in [0.05, 0.1) is 11.7 Å². The SMILES string of the molecule is CC(C)OC(=O)c1cc(F)ccc1F. The van der Waals surface area contributed by atoms with E-state index in [0.717, 1.165) is 18.2 Å². The van der Waals surface area contributed by atoms with Gasteiger partial charge in [-0.15, -0.1) is 0 Å². The van der Waals surface area contributed by atoms with Gasteiger partial charge in [0.1, 0.15) is 11.6 Å². The maximum atomic E-state index is 13.0. The number of ether oxygens (including phenoxy) is 1. The molecular weight excluding hydrogens is 190 g/mol. The van der Waals surface area contributed by atoms with Crippen LogP contribution in [0.5, 0.6) is 0 Å². The van der Waals surface area contributed by atoms with Gasteiger partial charge in [0, 0.05) is 0 Å². The summed E-state index contributed by atoms with van der Waals surface area (Å²) >= 11 is 0. The molecule has 0 aliphatic heterocycles. The first kappa shape index (κ1) is 10.6. The fourth-order valence-corrected chi connectivity index (χ4v) is 0.931. The van der Waals surface area contributed by atoms with Gasteiger partial charge >= 0.3 is 5.97 Å². The highest BCUT2D eigenvalue weighted by atomic mass is 19.1. The minimum Gasteiger partial charge on any atom is -0.459 e. The van der Waals surface area contributed by atoms with E-state index in [4.69, 9.17) is 4.74 Å². The molecule has 1 aromatic carbocycles. The van der Waals surface area contributed by atoms with Gasteiger partial charge < -0.3 is 4.74 Å². The van der Waals surface area contributed by atoms with Gasteiger partial charge in [-0.05, 0) is 32.0 Å². The van der Waals surface area contributed by atoms with Crippen LogP contribution in [0.2, 0.25) is 0 Å². The number of hydrogen-bond donors (Lipinski definition) is 0. The highest BCUT2D eigenvalue weighted by molar-refractivity contribution is 5.89. The monoisotopic (exact) mass is 200 g/mol. The zero-order valence-corrected chi connectivity index (χ0v) is 7.88. The normalized spacial score (nSPS) is 10.4. The molecule has 0 heterocycles. The Balaban J connectivity index is 2.94. The topological polar surface area (TPSA) is 26.3 Å². The summed E-state index contributed by atoms with van der Waals surface area (Å²) in [5, 5.41) is 0. The quantitative estimate of drug-likeness (QED) is 0.685. The molecule has 0 amide bonds. The van der Waals surface area contributed by atoms with Gasteiger partial charge in [-0.2, -0.15) is 0 Å². The van der Waals surface area contributed by atoms with E-state index in [1.165, 1.54) is 0 Å². The summed E-state index contributed by atoms with van der Waals surface area (Å²) in [6, 6.07) is 2.66. The molecular formula is C10H10F2O2. The van der Waals surface area contributed by atoms with Gasteiger partial charge in [-0.1, -0.05) is 0 Å². The molecule has 0 radical (unpaired) electrons. The highest BCUT2D eigenvalue weighted by Crippen LogP contribution is 2.11. The number of carbonyl (C=O) groups excluding carboxylic acids is 1. The van der Waals surface area contributed by atoms with Crippen molar-refractivity contribution in [2.75, 3.05) is 0 Å². The van der Waals surface area contributed by atoms with E-state index in [1.807, 2.05) is 0 Å². The van der Waals surface area contributed by atoms with Crippen molar-refractivity contribution in [3.05, 3.63) is 35.4 Å². The molecule has 0 aliphatic carbocycles. The van der Waals surface area contributed by atoms with E-state index in [1.54, 1.807) is 13.8 Å². The number of esters is 1. The predicted molar refractivity (Wildman–Crippen MR) is 46.9 cm³/mol. The van der Waals surface area contributed by atoms with Crippen molar-refractivity contribution in [1.82, 2.24) is 0 Å². The lowest BCUT2D eigenvalue weighted by molar-refractivity contribution is 0.0372. The second-order valence-electron chi connectivity index (χ2n) is 3.08. The van der Waals surface area contributed by atoms with Crippen molar-refractivity contribution < 1.29 is 18.3 Å². The lowest BCUT2D eigenvalue weighted by atomic mass is 10.2. The van der Waals surface area contributed by atoms with Gasteiger partial charge in [0.2, 0.25) is 0 Å². The van der Waals surface area contributed by atoms with Crippen molar-refractivity contribution in [3.63, 3.8) is 0 Å². The van der Waals surface area contributed by atoms with Gasteiger partial charge in [-0.3, -0.25) is 0 Å². The van der Waals surface area contributed by atoms with Crippen LogP contribution in [0.3, 0.4) is 0 Å². The van der Waals surface area contributed by atoms with Crippen molar-refractivity contribution in [1.29, 1.82) is 0 Å². The fraction of sp³-hybridized carbons (Fsp3) is 0.300. The molecule has 0 atom stereocenters. The zero-order valence-electron chi connectivity index (χ0n) is 7.88. The van der Waals surface area contributed by atoms with Gasteiger partial charge in [0.25, 0.3) is 0 Å². The molecule has 0 saturated carbocycles. The van der Waals surface area contributed by atoms with E-state index in [9.17, 15) is 13.6 Å². The predicted octanol–water partition coefficient (Wildman–Crippen LogP) is 2.53. The molecule has 0 aliphatic rings. The summed E-state index contributed by atoms with van der Waals surface area (Å²) in [5.41, 5.74) is -0.376. The Morgan fingerprint density at radius 2 is 2.00 bits per heavy atom. The minimum atomic E-state index is -0.850. The Bertz CT molecular complexity index is 348. The summed E-state index contributed by atoms with van der Waals surface area (Å²) in [4.78, 5) is 11.2. The van der Waals surface area contributed by atoms with Crippen LogP contribution in [0.4, 0.5) is 8.78 Å². The Morgan fingerprint density at radius 3 is 2.57 bits per heavy atom. The fourth-order valence-electron chi connectivity index (χ4n) is 0.931. The van der Waals surface area contributed by atoms with Crippen LogP contribution in [0.25, 0.3) is 0 Å². The van der Waals surface area contributed by atoms with Crippen LogP contribution in [0, 0.1) is 11.6 Å². The average Bonchev–Trinajstić information content (AvgIpc) is 2.08. The molecule has 0 spiro atoms. The van der Waals surface area contributed by atoms with Crippen LogP contribution in [0.15, 0.2) is 18.2 Å². The van der Waals surface area contributed by atoms with E-state index in [-0.39, 0.29) is 11.7 Å². The van der Waals surface area contributed by atoms with Gasteiger partial charge in [0.15, 0.2) is 0 Å². The van der Waals surface area contributed by atoms with Crippen molar-refractivity contribution in [2.45, 2.75) is 20.0 Å². The molecule has 0 N–H and O–H groups in total. The lowest BCUT2D eigenvalue weighted by Gasteiger charge is -2.08. The molecule has 0 saturated heterocycles. The van der Waals surface area contributed by atoms with E-state index >= 15 is 0 Å². The summed E-state index contributed by atoms with van der Waals surface area (Å²) in [5.74, 6) is -2.30. The molecule has 4 heteroatoms. The maximum absolute atomic E-state index is 13.0. The largest absolute Gasteiger partial charge is 0.459 e. The summed E-state index contributed by atoms with van der Waals surface area (Å²) in [7, 11) is 0. The third-order valence-corrected chi connectivity index (χ3v) is 1.49. The van der Waals surface area contributed by atoms with E-state index in [2.05, 4.69) is 0 Å². The van der Waals surface area contributed by atoms with Crippen LogP contribution in [-0.4, -0.2) is 12.1 Å². The molecule has 14 heavy (non-hydrogen) atoms. The molecule has 0 aromatic heterocycles. The highest BCUT2D eigenvalue weighted by Gasteiger charge is 2.15. The smallest absolute Gasteiger partial charge is 0.341 e. The maximum Gasteiger partial charge on any atom is 0.341 e. The molecule has 1 rings (SSSR count). The molecule has 76 valence electrons. The van der Waals surface area contributed by atoms with Crippen LogP contribution in [-0.2, 0) is 4.74 Å². The minimum absolute atomic E-state index is 0.356. The average molecular weight is 200 g/mol. The number of carbonyl (C=O) groups is 1. The number of rotatable bonds is 2. The molecule has 0 unspecified atom stereocenters. The van der Waals surface area contributed by atoms with Crippen LogP contribution < -0.4 is 0 Å². The Hall–Kier alpha value is -1.45. The van der Waals surface area contributed by atoms with Crippen molar-refractivity contribution >= 4 is 5.97 Å². The van der Waals surface area contributed by atoms with Crippen LogP contribution in [0.1, 0.15) is 24.2 Å². The first-order chi connectivity index (χ1) is 6.50. The number of benzene rings is 1. The summed E-state index contributed by atoms with van der Waals surface area (Å²) in [6.45, 7) is 3.27. The lowest BCUT2D eigenvalue weighted by Crippen LogP contribution is -2.13. The third-order valence-electron chi connectivity index (χ3n) is 1.49. The first-order valence-corrected chi connectivity index (χ1v) is 4.16. The molecule has 0 fully saturated rings. The van der Waals surface area contributed by atoms with Gasteiger partial charge in [-0.25, -0.2) is 13.6 Å². The Morgan fingerprint density at radius 1 is 1.36 bits per heavy atom. The second-order valence-corrected chi connectivity index (χ2v) is 3.08. The second kappa shape index (κ2) is 4.17.